The third-order valence-corrected chi connectivity index (χ3v) is 5.16. The molecule has 2 aromatic carbocycles. The van der Waals surface area contributed by atoms with Gasteiger partial charge in [-0.15, -0.1) is 10.2 Å². The summed E-state index contributed by atoms with van der Waals surface area (Å²) in [6, 6.07) is 15.2. The Morgan fingerprint density at radius 1 is 1.04 bits per heavy atom. The summed E-state index contributed by atoms with van der Waals surface area (Å²) >= 11 is 0. The van der Waals surface area contributed by atoms with Crippen LogP contribution in [0.25, 0.3) is 10.8 Å². The predicted molar refractivity (Wildman–Crippen MR) is 99.6 cm³/mol. The zero-order valence-electron chi connectivity index (χ0n) is 15.0. The van der Waals surface area contributed by atoms with Crippen LogP contribution in [0.2, 0.25) is 0 Å². The molecule has 0 N–H and O–H groups in total. The van der Waals surface area contributed by atoms with E-state index in [1.165, 1.54) is 16.3 Å². The van der Waals surface area contributed by atoms with Crippen LogP contribution in [-0.2, 0) is 6.54 Å². The average molecular weight is 335 g/mol. The Kier molecular flexibility index (Phi) is 4.53. The molecule has 4 rings (SSSR count). The van der Waals surface area contributed by atoms with Crippen molar-refractivity contribution in [1.82, 2.24) is 15.1 Å². The second-order valence-corrected chi connectivity index (χ2v) is 7.32. The number of rotatable bonds is 4. The highest BCUT2D eigenvalue weighted by Crippen LogP contribution is 2.29. The van der Waals surface area contributed by atoms with Gasteiger partial charge in [0, 0.05) is 18.4 Å². The molecule has 1 fully saturated rings. The van der Waals surface area contributed by atoms with Gasteiger partial charge in [-0.3, -0.25) is 4.90 Å². The first-order valence-electron chi connectivity index (χ1n) is 9.23. The lowest BCUT2D eigenvalue weighted by atomic mass is 9.96. The fourth-order valence-corrected chi connectivity index (χ4v) is 3.65. The minimum absolute atomic E-state index is 0.299. The topological polar surface area (TPSA) is 42.2 Å². The molecule has 0 spiro atoms. The van der Waals surface area contributed by atoms with E-state index in [0.717, 1.165) is 44.3 Å². The van der Waals surface area contributed by atoms with Crippen molar-refractivity contribution < 1.29 is 4.42 Å². The number of benzene rings is 2. The molecule has 0 amide bonds. The van der Waals surface area contributed by atoms with E-state index in [9.17, 15) is 0 Å². The van der Waals surface area contributed by atoms with Gasteiger partial charge in [-0.05, 0) is 42.3 Å². The molecular weight excluding hydrogens is 310 g/mol. The van der Waals surface area contributed by atoms with Gasteiger partial charge in [0.2, 0.25) is 11.8 Å². The molecule has 0 aliphatic carbocycles. The van der Waals surface area contributed by atoms with Crippen molar-refractivity contribution in [2.24, 2.45) is 0 Å². The maximum Gasteiger partial charge on any atom is 0.219 e. The normalized spacial score (nSPS) is 16.8. The molecule has 3 aromatic rings. The van der Waals surface area contributed by atoms with Crippen LogP contribution in [0.5, 0.6) is 0 Å². The number of hydrogen-bond donors (Lipinski definition) is 0. The summed E-state index contributed by atoms with van der Waals surface area (Å²) in [5.74, 6) is 2.29. The molecule has 1 aliphatic heterocycles. The van der Waals surface area contributed by atoms with E-state index < -0.39 is 0 Å². The fraction of sp³-hybridized carbons (Fsp3) is 0.429. The van der Waals surface area contributed by atoms with Crippen molar-refractivity contribution in [3.05, 3.63) is 59.8 Å². The number of piperidine rings is 1. The lowest BCUT2D eigenvalue weighted by Crippen LogP contribution is -2.32. The lowest BCUT2D eigenvalue weighted by Gasteiger charge is -2.30. The third kappa shape index (κ3) is 3.45. The monoisotopic (exact) mass is 335 g/mol. The van der Waals surface area contributed by atoms with Gasteiger partial charge in [0.05, 0.1) is 0 Å². The molecule has 1 aliphatic rings. The second-order valence-electron chi connectivity index (χ2n) is 7.32. The first-order valence-corrected chi connectivity index (χ1v) is 9.23. The molecule has 0 radical (unpaired) electrons. The maximum atomic E-state index is 5.85. The molecule has 0 bridgehead atoms. The van der Waals surface area contributed by atoms with Crippen LogP contribution in [0.3, 0.4) is 0 Å². The van der Waals surface area contributed by atoms with Crippen LogP contribution in [0, 0.1) is 0 Å². The van der Waals surface area contributed by atoms with Crippen LogP contribution in [0.4, 0.5) is 0 Å². The molecule has 1 saturated heterocycles. The van der Waals surface area contributed by atoms with E-state index in [0.29, 0.717) is 11.8 Å². The zero-order valence-corrected chi connectivity index (χ0v) is 15.0. The highest BCUT2D eigenvalue weighted by atomic mass is 16.4. The zero-order chi connectivity index (χ0) is 17.2. The highest BCUT2D eigenvalue weighted by Gasteiger charge is 2.25. The van der Waals surface area contributed by atoms with E-state index in [4.69, 9.17) is 4.42 Å². The molecule has 130 valence electrons. The van der Waals surface area contributed by atoms with Crippen LogP contribution in [0.15, 0.2) is 46.9 Å². The highest BCUT2D eigenvalue weighted by molar-refractivity contribution is 5.85. The molecular formula is C21H25N3O. The summed E-state index contributed by atoms with van der Waals surface area (Å²) in [7, 11) is 0. The quantitative estimate of drug-likeness (QED) is 0.691. The van der Waals surface area contributed by atoms with E-state index in [-0.39, 0.29) is 0 Å². The molecule has 4 heteroatoms. The number of nitrogens with zero attached hydrogens (tertiary/aromatic N) is 3. The molecule has 0 saturated carbocycles. The van der Waals surface area contributed by atoms with E-state index >= 15 is 0 Å². The summed E-state index contributed by atoms with van der Waals surface area (Å²) in [4.78, 5) is 2.54. The summed E-state index contributed by atoms with van der Waals surface area (Å²) in [6.07, 6.45) is 2.18. The van der Waals surface area contributed by atoms with Gasteiger partial charge in [-0.25, -0.2) is 0 Å². The average Bonchev–Trinajstić information content (AvgIpc) is 3.13. The Hall–Kier alpha value is -2.20. The first-order chi connectivity index (χ1) is 12.2. The fourth-order valence-electron chi connectivity index (χ4n) is 3.65. The number of likely N-dealkylation sites (tertiary alicyclic amines) is 1. The molecule has 0 atom stereocenters. The van der Waals surface area contributed by atoms with Gasteiger partial charge in [0.1, 0.15) is 0 Å². The van der Waals surface area contributed by atoms with E-state index in [1.54, 1.807) is 0 Å². The van der Waals surface area contributed by atoms with Crippen molar-refractivity contribution in [2.45, 2.75) is 45.1 Å². The van der Waals surface area contributed by atoms with Crippen molar-refractivity contribution in [1.29, 1.82) is 0 Å². The number of fused-ring (bicyclic) bond motifs is 1. The standard InChI is InChI=1S/C21H25N3O/c1-15(2)20-22-23-21(25-20)17-10-12-24(13-11-17)14-18-8-5-7-16-6-3-4-9-19(16)18/h3-9,15,17H,10-14H2,1-2H3. The van der Waals surface area contributed by atoms with Gasteiger partial charge >= 0.3 is 0 Å². The van der Waals surface area contributed by atoms with Crippen molar-refractivity contribution in [3.8, 4) is 0 Å². The minimum atomic E-state index is 0.299. The molecule has 2 heterocycles. The minimum Gasteiger partial charge on any atom is -0.425 e. The Bertz CT molecular complexity index is 842. The largest absolute Gasteiger partial charge is 0.425 e. The second kappa shape index (κ2) is 6.96. The van der Waals surface area contributed by atoms with Gasteiger partial charge in [0.25, 0.3) is 0 Å². The summed E-state index contributed by atoms with van der Waals surface area (Å²) in [5, 5.41) is 11.1. The summed E-state index contributed by atoms with van der Waals surface area (Å²) in [5.41, 5.74) is 1.41. The van der Waals surface area contributed by atoms with Crippen LogP contribution < -0.4 is 0 Å². The van der Waals surface area contributed by atoms with Crippen molar-refractivity contribution >= 4 is 10.8 Å². The molecule has 0 unspecified atom stereocenters. The van der Waals surface area contributed by atoms with Crippen molar-refractivity contribution in [3.63, 3.8) is 0 Å². The SMILES string of the molecule is CC(C)c1nnc(C2CCN(Cc3cccc4ccccc34)CC2)o1. The van der Waals surface area contributed by atoms with Gasteiger partial charge in [-0.2, -0.15) is 0 Å². The summed E-state index contributed by atoms with van der Waals surface area (Å²) < 4.78 is 5.85. The number of aromatic nitrogens is 2. The van der Waals surface area contributed by atoms with E-state index in [2.05, 4.69) is 71.4 Å². The maximum absolute atomic E-state index is 5.85. The molecule has 4 nitrogen and oxygen atoms in total. The van der Waals surface area contributed by atoms with Crippen LogP contribution in [-0.4, -0.2) is 28.2 Å². The first kappa shape index (κ1) is 16.3. The Labute approximate surface area is 148 Å². The molecule has 1 aromatic heterocycles. The lowest BCUT2D eigenvalue weighted by molar-refractivity contribution is 0.192. The van der Waals surface area contributed by atoms with Crippen LogP contribution >= 0.6 is 0 Å². The smallest absolute Gasteiger partial charge is 0.219 e. The number of hydrogen-bond acceptors (Lipinski definition) is 4. The van der Waals surface area contributed by atoms with Crippen molar-refractivity contribution in [2.75, 3.05) is 13.1 Å². The molecule has 25 heavy (non-hydrogen) atoms. The third-order valence-electron chi connectivity index (χ3n) is 5.16. The Morgan fingerprint density at radius 2 is 1.80 bits per heavy atom. The summed E-state index contributed by atoms with van der Waals surface area (Å²) in [6.45, 7) is 7.34. The predicted octanol–water partition coefficient (Wildman–Crippen LogP) is 4.73. The van der Waals surface area contributed by atoms with E-state index in [1.807, 2.05) is 0 Å². The van der Waals surface area contributed by atoms with Crippen LogP contribution in [0.1, 0.15) is 55.9 Å². The Morgan fingerprint density at radius 3 is 2.56 bits per heavy atom. The van der Waals surface area contributed by atoms with Gasteiger partial charge in [-0.1, -0.05) is 56.3 Å². The Balaban J connectivity index is 1.41. The van der Waals surface area contributed by atoms with Gasteiger partial charge < -0.3 is 4.42 Å². The van der Waals surface area contributed by atoms with Gasteiger partial charge in [0.15, 0.2) is 0 Å².